The van der Waals surface area contributed by atoms with Crippen LogP contribution in [0.2, 0.25) is 0 Å². The second-order valence-corrected chi connectivity index (χ2v) is 11.8. The average molecular weight is 637 g/mol. The van der Waals surface area contributed by atoms with Crippen LogP contribution in [-0.4, -0.2) is 56.2 Å². The first-order valence-corrected chi connectivity index (χ1v) is 15.3. The maximum atomic E-state index is 13.0. The summed E-state index contributed by atoms with van der Waals surface area (Å²) in [6.45, 7) is 2.57. The van der Waals surface area contributed by atoms with Gasteiger partial charge in [0, 0.05) is 24.6 Å². The Kier molecular flexibility index (Phi) is 9.12. The van der Waals surface area contributed by atoms with E-state index in [4.69, 9.17) is 9.47 Å². The van der Waals surface area contributed by atoms with E-state index in [0.717, 1.165) is 33.3 Å². The third-order valence-electron chi connectivity index (χ3n) is 8.80. The number of hydrogen-bond donors (Lipinski definition) is 2. The molecule has 2 amide bonds. The SMILES string of the molecule is C[C@@H]1[C@H](Cn2cnc3ccccc32)O[C@H](c2ccc(CNC(=O)[C@@H]3CCCN3C(=O)C(F)(F)F)cc2)O[C@@H]1c1ccc(CO)cc1. The number of rotatable bonds is 8. The molecule has 4 aromatic rings. The Balaban J connectivity index is 1.17. The molecule has 6 rings (SSSR count). The maximum absolute atomic E-state index is 13.0. The molecule has 0 radical (unpaired) electrons. The highest BCUT2D eigenvalue weighted by Gasteiger charge is 2.47. The Hall–Kier alpha value is -4.26. The van der Waals surface area contributed by atoms with Gasteiger partial charge in [0.2, 0.25) is 5.91 Å². The van der Waals surface area contributed by atoms with Gasteiger partial charge in [0.1, 0.15) is 6.04 Å². The van der Waals surface area contributed by atoms with Crippen LogP contribution in [0.25, 0.3) is 11.0 Å². The fourth-order valence-electron chi connectivity index (χ4n) is 6.22. The highest BCUT2D eigenvalue weighted by atomic mass is 19.4. The molecule has 1 aromatic heterocycles. The molecule has 0 saturated carbocycles. The van der Waals surface area contributed by atoms with Gasteiger partial charge >= 0.3 is 12.1 Å². The van der Waals surface area contributed by atoms with Gasteiger partial charge in [0.25, 0.3) is 0 Å². The number of imidazole rings is 1. The number of likely N-dealkylation sites (tertiary alicyclic amines) is 1. The van der Waals surface area contributed by atoms with E-state index in [1.165, 1.54) is 0 Å². The van der Waals surface area contributed by atoms with Crippen molar-refractivity contribution in [2.45, 2.75) is 70.2 Å². The van der Waals surface area contributed by atoms with Crippen molar-refractivity contribution in [3.63, 3.8) is 0 Å². The maximum Gasteiger partial charge on any atom is 0.471 e. The molecule has 9 nitrogen and oxygen atoms in total. The zero-order valence-electron chi connectivity index (χ0n) is 25.2. The summed E-state index contributed by atoms with van der Waals surface area (Å²) in [7, 11) is 0. The lowest BCUT2D eigenvalue weighted by Gasteiger charge is -2.41. The van der Waals surface area contributed by atoms with E-state index < -0.39 is 30.3 Å². The zero-order valence-corrected chi connectivity index (χ0v) is 25.2. The molecule has 0 spiro atoms. The van der Waals surface area contributed by atoms with Crippen LogP contribution < -0.4 is 5.32 Å². The van der Waals surface area contributed by atoms with Crippen LogP contribution in [0.3, 0.4) is 0 Å². The lowest BCUT2D eigenvalue weighted by molar-refractivity contribution is -0.276. The van der Waals surface area contributed by atoms with Crippen molar-refractivity contribution < 1.29 is 37.3 Å². The number of aromatic nitrogens is 2. The van der Waals surface area contributed by atoms with Gasteiger partial charge in [-0.15, -0.1) is 0 Å². The number of ether oxygens (including phenoxy) is 2. The predicted octanol–water partition coefficient (Wildman–Crippen LogP) is 5.19. The zero-order chi connectivity index (χ0) is 32.4. The molecule has 46 heavy (non-hydrogen) atoms. The monoisotopic (exact) mass is 636 g/mol. The van der Waals surface area contributed by atoms with Crippen LogP contribution in [0.4, 0.5) is 13.2 Å². The predicted molar refractivity (Wildman–Crippen MR) is 162 cm³/mol. The number of aliphatic hydroxyl groups excluding tert-OH is 1. The molecule has 3 aromatic carbocycles. The van der Waals surface area contributed by atoms with Crippen molar-refractivity contribution in [2.75, 3.05) is 6.54 Å². The highest BCUT2D eigenvalue weighted by Crippen LogP contribution is 2.42. The standard InChI is InChI=1S/C34H35F3N4O5/c1-21-29(18-40-20-39-26-5-2-3-6-27(26)40)45-32(46-30(21)24-12-10-23(19-42)11-13-24)25-14-8-22(9-15-25)17-38-31(43)28-7-4-16-41(28)33(44)34(35,36)37/h2-3,5-6,8-15,20-21,28-30,32,42H,4,7,16-19H2,1H3,(H,38,43)/t21-,28+,29+,30+,32+/m1/s1. The van der Waals surface area contributed by atoms with Gasteiger partial charge in [0.15, 0.2) is 6.29 Å². The van der Waals surface area contributed by atoms with Crippen molar-refractivity contribution in [3.05, 3.63) is 101 Å². The Labute approximate surface area is 263 Å². The van der Waals surface area contributed by atoms with Gasteiger partial charge in [0.05, 0.1) is 42.7 Å². The summed E-state index contributed by atoms with van der Waals surface area (Å²) in [6, 6.07) is 21.7. The van der Waals surface area contributed by atoms with Crippen molar-refractivity contribution in [1.82, 2.24) is 19.8 Å². The first-order chi connectivity index (χ1) is 22.1. The third-order valence-corrected chi connectivity index (χ3v) is 8.80. The average Bonchev–Trinajstić information content (AvgIpc) is 3.72. The molecule has 2 fully saturated rings. The van der Waals surface area contributed by atoms with Crippen molar-refractivity contribution in [3.8, 4) is 0 Å². The lowest BCUT2D eigenvalue weighted by atomic mass is 9.90. The van der Waals surface area contributed by atoms with Gasteiger partial charge in [-0.1, -0.05) is 67.6 Å². The van der Waals surface area contributed by atoms with Crippen LogP contribution in [-0.2, 0) is 38.8 Å². The van der Waals surface area contributed by atoms with Crippen LogP contribution >= 0.6 is 0 Å². The summed E-state index contributed by atoms with van der Waals surface area (Å²) in [4.78, 5) is 29.6. The minimum atomic E-state index is -5.02. The van der Waals surface area contributed by atoms with Gasteiger partial charge in [-0.3, -0.25) is 9.59 Å². The van der Waals surface area contributed by atoms with Gasteiger partial charge in [-0.25, -0.2) is 4.98 Å². The van der Waals surface area contributed by atoms with Crippen LogP contribution in [0.15, 0.2) is 79.1 Å². The molecule has 3 heterocycles. The molecule has 0 aliphatic carbocycles. The molecule has 0 unspecified atom stereocenters. The first kappa shape index (κ1) is 31.7. The van der Waals surface area contributed by atoms with Crippen molar-refractivity contribution in [2.24, 2.45) is 5.92 Å². The molecular formula is C34H35F3N4O5. The molecular weight excluding hydrogens is 601 g/mol. The minimum absolute atomic E-state index is 0.0359. The number of amides is 2. The molecule has 242 valence electrons. The van der Waals surface area contributed by atoms with Crippen LogP contribution in [0, 0.1) is 5.92 Å². The molecule has 2 aliphatic rings. The van der Waals surface area contributed by atoms with Gasteiger partial charge in [-0.05, 0) is 41.7 Å². The Morgan fingerprint density at radius 2 is 1.67 bits per heavy atom. The summed E-state index contributed by atoms with van der Waals surface area (Å²) in [6.07, 6.45) is -3.95. The van der Waals surface area contributed by atoms with E-state index in [1.54, 1.807) is 12.1 Å². The minimum Gasteiger partial charge on any atom is -0.392 e. The number of hydrogen-bond acceptors (Lipinski definition) is 6. The van der Waals surface area contributed by atoms with E-state index in [9.17, 15) is 27.9 Å². The quantitative estimate of drug-likeness (QED) is 0.276. The number of benzene rings is 3. The fourth-order valence-corrected chi connectivity index (χ4v) is 6.22. The number of aliphatic hydroxyl groups is 1. The van der Waals surface area contributed by atoms with Crippen molar-refractivity contribution in [1.29, 1.82) is 0 Å². The number of nitrogens with one attached hydrogen (secondary N) is 1. The smallest absolute Gasteiger partial charge is 0.392 e. The van der Waals surface area contributed by atoms with Crippen LogP contribution in [0.1, 0.15) is 54.4 Å². The number of alkyl halides is 3. The Bertz CT molecular complexity index is 1670. The van der Waals surface area contributed by atoms with E-state index >= 15 is 0 Å². The fraction of sp³-hybridized carbons (Fsp3) is 0.382. The molecule has 2 N–H and O–H groups in total. The molecule has 5 atom stereocenters. The summed E-state index contributed by atoms with van der Waals surface area (Å²) < 4.78 is 54.1. The van der Waals surface area contributed by atoms with E-state index in [2.05, 4.69) is 21.8 Å². The third kappa shape index (κ3) is 6.64. The highest BCUT2D eigenvalue weighted by molar-refractivity contribution is 5.90. The van der Waals surface area contributed by atoms with Gasteiger partial charge in [-0.2, -0.15) is 13.2 Å². The molecule has 12 heteroatoms. The van der Waals surface area contributed by atoms with Crippen LogP contribution in [0.5, 0.6) is 0 Å². The first-order valence-electron chi connectivity index (χ1n) is 15.3. The molecule has 0 bridgehead atoms. The number of para-hydroxylation sites is 2. The van der Waals surface area contributed by atoms with Crippen molar-refractivity contribution >= 4 is 22.8 Å². The lowest BCUT2D eigenvalue weighted by Crippen LogP contribution is -2.50. The summed E-state index contributed by atoms with van der Waals surface area (Å²) in [5.41, 5.74) is 5.15. The topological polar surface area (TPSA) is 106 Å². The Morgan fingerprint density at radius 3 is 2.39 bits per heavy atom. The normalized spacial score (nSPS) is 23.5. The number of carbonyl (C=O) groups is 2. The largest absolute Gasteiger partial charge is 0.471 e. The van der Waals surface area contributed by atoms with E-state index in [1.807, 2.05) is 67.0 Å². The van der Waals surface area contributed by atoms with E-state index in [0.29, 0.717) is 17.9 Å². The second kappa shape index (κ2) is 13.2. The summed E-state index contributed by atoms with van der Waals surface area (Å²) >= 11 is 0. The summed E-state index contributed by atoms with van der Waals surface area (Å²) in [5, 5.41) is 12.2. The number of fused-ring (bicyclic) bond motifs is 1. The van der Waals surface area contributed by atoms with Gasteiger partial charge < -0.3 is 29.4 Å². The number of carbonyl (C=O) groups excluding carboxylic acids is 2. The second-order valence-electron chi connectivity index (χ2n) is 11.8. The Morgan fingerprint density at radius 1 is 0.978 bits per heavy atom. The summed E-state index contributed by atoms with van der Waals surface area (Å²) in [5.74, 6) is -2.64. The number of nitrogens with zero attached hydrogens (tertiary/aromatic N) is 3. The molecule has 2 saturated heterocycles. The number of halogens is 3. The van der Waals surface area contributed by atoms with E-state index in [-0.39, 0.29) is 44.2 Å². The molecule has 2 aliphatic heterocycles.